The maximum absolute atomic E-state index is 12.5. The number of primary amides is 1. The van der Waals surface area contributed by atoms with E-state index in [9.17, 15) is 14.0 Å². The molecule has 0 spiro atoms. The summed E-state index contributed by atoms with van der Waals surface area (Å²) in [5, 5.41) is 11.0. The van der Waals surface area contributed by atoms with Crippen LogP contribution in [0, 0.1) is 0 Å². The summed E-state index contributed by atoms with van der Waals surface area (Å²) in [6.45, 7) is -0.976. The Morgan fingerprint density at radius 1 is 1.17 bits per heavy atom. The summed E-state index contributed by atoms with van der Waals surface area (Å²) in [5.41, 5.74) is 5.65. The Morgan fingerprint density at radius 3 is 2.62 bits per heavy atom. The molecule has 1 unspecified atom stereocenters. The second-order valence-corrected chi connectivity index (χ2v) is 5.00. The van der Waals surface area contributed by atoms with E-state index in [2.05, 4.69) is 15.5 Å². The predicted molar refractivity (Wildman–Crippen MR) is 82.5 cm³/mol. The molecule has 7 nitrogen and oxygen atoms in total. The topological polar surface area (TPSA) is 111 Å². The average Bonchev–Trinajstić information content (AvgIpc) is 3.07. The number of carbonyl (C=O) groups is 2. The lowest BCUT2D eigenvalue weighted by molar-refractivity contribution is -0.120. The lowest BCUT2D eigenvalue weighted by atomic mass is 10.0. The molecule has 0 aliphatic rings. The van der Waals surface area contributed by atoms with Gasteiger partial charge < -0.3 is 15.5 Å². The van der Waals surface area contributed by atoms with Crippen LogP contribution in [0.3, 0.4) is 0 Å². The molecule has 1 atom stereocenters. The van der Waals surface area contributed by atoms with Crippen molar-refractivity contribution in [2.24, 2.45) is 5.73 Å². The number of nitrogens with zero attached hydrogens (tertiary/aromatic N) is 2. The van der Waals surface area contributed by atoms with E-state index in [1.807, 2.05) is 18.2 Å². The fourth-order valence-electron chi connectivity index (χ4n) is 2.32. The number of alkyl halides is 1. The van der Waals surface area contributed by atoms with Crippen LogP contribution in [0.5, 0.6) is 0 Å². The number of fused-ring (bicyclic) bond motifs is 1. The van der Waals surface area contributed by atoms with Crippen molar-refractivity contribution in [1.29, 1.82) is 0 Å². The summed E-state index contributed by atoms with van der Waals surface area (Å²) in [6, 6.07) is 11.2. The maximum Gasteiger partial charge on any atom is 0.252 e. The zero-order valence-corrected chi connectivity index (χ0v) is 12.4. The van der Waals surface area contributed by atoms with Crippen molar-refractivity contribution < 1.29 is 18.4 Å². The molecule has 122 valence electrons. The van der Waals surface area contributed by atoms with Gasteiger partial charge in [-0.1, -0.05) is 36.4 Å². The van der Waals surface area contributed by atoms with Crippen LogP contribution in [0.2, 0.25) is 0 Å². The van der Waals surface area contributed by atoms with Gasteiger partial charge in [0.1, 0.15) is 0 Å². The number of halogens is 1. The number of hydrogen-bond donors (Lipinski definition) is 2. The van der Waals surface area contributed by atoms with Crippen LogP contribution in [-0.4, -0.2) is 22.0 Å². The molecule has 3 rings (SSSR count). The third kappa shape index (κ3) is 2.94. The molecule has 0 radical (unpaired) electrons. The Balaban J connectivity index is 1.92. The minimum atomic E-state index is -1.34. The number of nitrogens with one attached hydrogen (secondary N) is 1. The molecule has 0 bridgehead atoms. The minimum absolute atomic E-state index is 0.260. The van der Waals surface area contributed by atoms with Gasteiger partial charge in [-0.2, -0.15) is 0 Å². The lowest BCUT2D eigenvalue weighted by Crippen LogP contribution is -2.37. The molecule has 1 heterocycles. The van der Waals surface area contributed by atoms with E-state index >= 15 is 0 Å². The molecule has 24 heavy (non-hydrogen) atoms. The van der Waals surface area contributed by atoms with E-state index in [0.717, 1.165) is 10.8 Å². The van der Waals surface area contributed by atoms with Crippen molar-refractivity contribution in [3.05, 3.63) is 59.8 Å². The highest BCUT2D eigenvalue weighted by molar-refractivity contribution is 6.08. The third-order valence-corrected chi connectivity index (χ3v) is 3.44. The molecule has 0 aliphatic heterocycles. The highest BCUT2D eigenvalue weighted by Gasteiger charge is 2.27. The smallest absolute Gasteiger partial charge is 0.252 e. The summed E-state index contributed by atoms with van der Waals surface area (Å²) >= 11 is 0. The number of aromatic nitrogens is 2. The Hall–Kier alpha value is -3.29. The first kappa shape index (κ1) is 15.6. The van der Waals surface area contributed by atoms with Crippen molar-refractivity contribution in [2.45, 2.75) is 12.7 Å². The van der Waals surface area contributed by atoms with Crippen molar-refractivity contribution >= 4 is 22.6 Å². The van der Waals surface area contributed by atoms with E-state index in [1.54, 1.807) is 24.3 Å². The quantitative estimate of drug-likeness (QED) is 0.740. The molecule has 3 N–H and O–H groups in total. The van der Waals surface area contributed by atoms with Crippen LogP contribution in [-0.2, 0) is 11.5 Å². The van der Waals surface area contributed by atoms with E-state index in [-0.39, 0.29) is 11.8 Å². The van der Waals surface area contributed by atoms with E-state index in [1.165, 1.54) is 0 Å². The van der Waals surface area contributed by atoms with Crippen LogP contribution in [0.25, 0.3) is 10.8 Å². The van der Waals surface area contributed by atoms with Crippen LogP contribution in [0.4, 0.5) is 4.39 Å². The Kier molecular flexibility index (Phi) is 4.19. The molecule has 0 fully saturated rings. The van der Waals surface area contributed by atoms with Gasteiger partial charge in [-0.05, 0) is 16.8 Å². The Morgan fingerprint density at radius 2 is 1.92 bits per heavy atom. The van der Waals surface area contributed by atoms with Crippen molar-refractivity contribution in [1.82, 2.24) is 15.5 Å². The van der Waals surface area contributed by atoms with E-state index < -0.39 is 24.5 Å². The first-order valence-electron chi connectivity index (χ1n) is 7.06. The van der Waals surface area contributed by atoms with Crippen molar-refractivity contribution in [2.75, 3.05) is 0 Å². The highest BCUT2D eigenvalue weighted by Crippen LogP contribution is 2.20. The van der Waals surface area contributed by atoms with Gasteiger partial charge >= 0.3 is 0 Å². The van der Waals surface area contributed by atoms with Gasteiger partial charge in [0.15, 0.2) is 12.7 Å². The predicted octanol–water partition coefficient (Wildman–Crippen LogP) is 1.65. The summed E-state index contributed by atoms with van der Waals surface area (Å²) in [5.74, 6) is -1.98. The molecule has 0 saturated heterocycles. The summed E-state index contributed by atoms with van der Waals surface area (Å²) in [6.07, 6.45) is 0. The third-order valence-electron chi connectivity index (χ3n) is 3.44. The van der Waals surface area contributed by atoms with Gasteiger partial charge in [0, 0.05) is 5.56 Å². The van der Waals surface area contributed by atoms with Gasteiger partial charge in [0.2, 0.25) is 17.7 Å². The summed E-state index contributed by atoms with van der Waals surface area (Å²) in [7, 11) is 0. The normalized spacial score (nSPS) is 12.0. The molecule has 3 aromatic rings. The van der Waals surface area contributed by atoms with Crippen molar-refractivity contribution in [3.63, 3.8) is 0 Å². The van der Waals surface area contributed by atoms with Crippen LogP contribution < -0.4 is 11.1 Å². The lowest BCUT2D eigenvalue weighted by Gasteiger charge is -2.13. The number of benzene rings is 2. The minimum Gasteiger partial charge on any atom is -0.420 e. The number of nitrogens with two attached hydrogens (primary N) is 1. The van der Waals surface area contributed by atoms with Gasteiger partial charge in [-0.3, -0.25) is 9.59 Å². The largest absolute Gasteiger partial charge is 0.420 e. The van der Waals surface area contributed by atoms with Gasteiger partial charge in [-0.25, -0.2) is 4.39 Å². The second-order valence-electron chi connectivity index (χ2n) is 5.00. The molecule has 8 heteroatoms. The fraction of sp³-hybridized carbons (Fsp3) is 0.125. The zero-order valence-electron chi connectivity index (χ0n) is 12.4. The molecular formula is C16H13FN4O3. The number of hydrogen-bond acceptors (Lipinski definition) is 5. The highest BCUT2D eigenvalue weighted by atomic mass is 19.1. The zero-order chi connectivity index (χ0) is 17.1. The summed E-state index contributed by atoms with van der Waals surface area (Å²) in [4.78, 5) is 24.2. The Labute approximate surface area is 135 Å². The first-order chi connectivity index (χ1) is 11.6. The molecule has 2 aromatic carbocycles. The summed E-state index contributed by atoms with van der Waals surface area (Å²) < 4.78 is 17.5. The second kappa shape index (κ2) is 6.45. The first-order valence-corrected chi connectivity index (χ1v) is 7.06. The molecular weight excluding hydrogens is 315 g/mol. The van der Waals surface area contributed by atoms with E-state index in [0.29, 0.717) is 5.56 Å². The maximum atomic E-state index is 12.5. The van der Waals surface area contributed by atoms with Crippen LogP contribution >= 0.6 is 0 Å². The number of amides is 2. The molecule has 2 amide bonds. The van der Waals surface area contributed by atoms with Gasteiger partial charge in [0.25, 0.3) is 5.91 Å². The monoisotopic (exact) mass is 328 g/mol. The van der Waals surface area contributed by atoms with Crippen LogP contribution in [0.1, 0.15) is 28.2 Å². The Bertz CT molecular complexity index is 904. The fourth-order valence-corrected chi connectivity index (χ4v) is 2.32. The number of carbonyl (C=O) groups excluding carboxylic acids is 2. The van der Waals surface area contributed by atoms with Crippen molar-refractivity contribution in [3.8, 4) is 0 Å². The average molecular weight is 328 g/mol. The molecule has 0 saturated carbocycles. The van der Waals surface area contributed by atoms with E-state index in [4.69, 9.17) is 10.2 Å². The van der Waals surface area contributed by atoms with Gasteiger partial charge in [-0.15, -0.1) is 10.2 Å². The van der Waals surface area contributed by atoms with Crippen LogP contribution in [0.15, 0.2) is 46.9 Å². The standard InChI is InChI=1S/C16H13FN4O3/c17-8-12-20-21-16(24-12)13(14(18)22)19-15(23)11-7-3-5-9-4-1-2-6-10(9)11/h1-7,13H,8H2,(H2,18,22)(H,19,23). The molecule has 1 aromatic heterocycles. The number of rotatable bonds is 5. The molecule has 0 aliphatic carbocycles. The van der Waals surface area contributed by atoms with Gasteiger partial charge in [0.05, 0.1) is 0 Å². The SMILES string of the molecule is NC(=O)C(NC(=O)c1cccc2ccccc12)c1nnc(CF)o1.